The van der Waals surface area contributed by atoms with E-state index in [1.54, 1.807) is 11.3 Å². The highest BCUT2D eigenvalue weighted by Gasteiger charge is 2.16. The number of rotatable bonds is 5. The van der Waals surface area contributed by atoms with Crippen molar-refractivity contribution in [2.75, 3.05) is 11.9 Å². The Hall–Kier alpha value is -0.910. The maximum atomic E-state index is 11.0. The van der Waals surface area contributed by atoms with Crippen molar-refractivity contribution in [1.29, 1.82) is 0 Å². The van der Waals surface area contributed by atoms with E-state index >= 15 is 0 Å². The number of thiophene rings is 1. The monoisotopic (exact) mass is 242 g/mol. The average Bonchev–Trinajstić information content (AvgIpc) is 2.62. The molecule has 4 nitrogen and oxygen atoms in total. The normalized spacial score (nSPS) is 11.5. The Morgan fingerprint density at radius 2 is 2.25 bits per heavy atom. The fraction of sp³-hybridized carbons (Fsp3) is 0.545. The summed E-state index contributed by atoms with van der Waals surface area (Å²) in [5.41, 5.74) is 0.538. The lowest BCUT2D eigenvalue weighted by molar-refractivity contribution is -0.114. The Bertz CT molecular complexity index is 361. The molecule has 1 rings (SSSR count). The maximum absolute atomic E-state index is 11.0. The van der Waals surface area contributed by atoms with Gasteiger partial charge in [-0.3, -0.25) is 4.79 Å². The van der Waals surface area contributed by atoms with Crippen LogP contribution in [0.2, 0.25) is 0 Å². The molecule has 1 heterocycles. The summed E-state index contributed by atoms with van der Waals surface area (Å²) in [5, 5.41) is 17.1. The SMILES string of the molecule is CC(=O)Nc1ccsc1CNC(C)(C)CO. The first-order valence-corrected chi connectivity index (χ1v) is 6.02. The highest BCUT2D eigenvalue weighted by Crippen LogP contribution is 2.22. The highest BCUT2D eigenvalue weighted by molar-refractivity contribution is 7.10. The number of aliphatic hydroxyl groups excluding tert-OH is 1. The van der Waals surface area contributed by atoms with Crippen LogP contribution in [0.5, 0.6) is 0 Å². The first kappa shape index (κ1) is 13.2. The van der Waals surface area contributed by atoms with Gasteiger partial charge in [0, 0.05) is 23.9 Å². The molecule has 16 heavy (non-hydrogen) atoms. The summed E-state index contributed by atoms with van der Waals surface area (Å²) < 4.78 is 0. The van der Waals surface area contributed by atoms with Crippen LogP contribution < -0.4 is 10.6 Å². The standard InChI is InChI=1S/C11H18N2O2S/c1-8(15)13-9-4-5-16-10(9)6-12-11(2,3)7-14/h4-5,12,14H,6-7H2,1-3H3,(H,13,15). The number of aliphatic hydroxyl groups is 1. The molecule has 0 aliphatic heterocycles. The summed E-state index contributed by atoms with van der Waals surface area (Å²) in [5.74, 6) is -0.0685. The number of anilines is 1. The number of hydrogen-bond acceptors (Lipinski definition) is 4. The fourth-order valence-corrected chi connectivity index (χ4v) is 1.92. The van der Waals surface area contributed by atoms with Gasteiger partial charge in [-0.1, -0.05) is 0 Å². The number of carbonyl (C=O) groups excluding carboxylic acids is 1. The van der Waals surface area contributed by atoms with Crippen LogP contribution in [0.25, 0.3) is 0 Å². The molecule has 0 aliphatic carbocycles. The van der Waals surface area contributed by atoms with Crippen LogP contribution in [0.4, 0.5) is 5.69 Å². The van der Waals surface area contributed by atoms with Gasteiger partial charge in [0.1, 0.15) is 0 Å². The minimum Gasteiger partial charge on any atom is -0.394 e. The van der Waals surface area contributed by atoms with Crippen molar-refractivity contribution in [2.24, 2.45) is 0 Å². The van der Waals surface area contributed by atoms with Gasteiger partial charge in [-0.25, -0.2) is 0 Å². The van der Waals surface area contributed by atoms with Crippen molar-refractivity contribution >= 4 is 22.9 Å². The third-order valence-corrected chi connectivity index (χ3v) is 3.10. The molecule has 5 heteroatoms. The molecule has 0 bridgehead atoms. The molecule has 0 fully saturated rings. The van der Waals surface area contributed by atoms with Crippen LogP contribution in [-0.2, 0) is 11.3 Å². The Labute approximate surface area is 99.7 Å². The summed E-state index contributed by atoms with van der Waals surface area (Å²) in [4.78, 5) is 12.0. The molecule has 0 atom stereocenters. The van der Waals surface area contributed by atoms with Gasteiger partial charge in [0.2, 0.25) is 5.91 Å². The van der Waals surface area contributed by atoms with Crippen LogP contribution >= 0.6 is 11.3 Å². The van der Waals surface area contributed by atoms with Gasteiger partial charge >= 0.3 is 0 Å². The predicted molar refractivity (Wildman–Crippen MR) is 66.6 cm³/mol. The molecule has 0 aliphatic rings. The molecule has 0 radical (unpaired) electrons. The van der Waals surface area contributed by atoms with E-state index in [2.05, 4.69) is 10.6 Å². The summed E-state index contributed by atoms with van der Waals surface area (Å²) in [6, 6.07) is 1.88. The van der Waals surface area contributed by atoms with Crippen LogP contribution in [0, 0.1) is 0 Å². The van der Waals surface area contributed by atoms with Crippen LogP contribution in [-0.4, -0.2) is 23.2 Å². The first-order valence-electron chi connectivity index (χ1n) is 5.14. The predicted octanol–water partition coefficient (Wildman–Crippen LogP) is 1.57. The third-order valence-electron chi connectivity index (χ3n) is 2.18. The zero-order valence-electron chi connectivity index (χ0n) is 9.83. The lowest BCUT2D eigenvalue weighted by atomic mass is 10.1. The van der Waals surface area contributed by atoms with Crippen molar-refractivity contribution in [3.63, 3.8) is 0 Å². The lowest BCUT2D eigenvalue weighted by Gasteiger charge is -2.23. The van der Waals surface area contributed by atoms with Gasteiger partial charge in [0.15, 0.2) is 0 Å². The largest absolute Gasteiger partial charge is 0.394 e. The number of hydrogen-bond donors (Lipinski definition) is 3. The van der Waals surface area contributed by atoms with E-state index in [-0.39, 0.29) is 18.1 Å². The van der Waals surface area contributed by atoms with E-state index in [0.717, 1.165) is 10.6 Å². The molecule has 1 aromatic heterocycles. The Kier molecular flexibility index (Phi) is 4.46. The van der Waals surface area contributed by atoms with Gasteiger partial charge < -0.3 is 15.7 Å². The Balaban J connectivity index is 2.60. The summed E-state index contributed by atoms with van der Waals surface area (Å²) in [6.07, 6.45) is 0. The van der Waals surface area contributed by atoms with E-state index < -0.39 is 0 Å². The van der Waals surface area contributed by atoms with Crippen molar-refractivity contribution in [3.05, 3.63) is 16.3 Å². The molecule has 1 aromatic rings. The van der Waals surface area contributed by atoms with E-state index in [1.165, 1.54) is 6.92 Å². The number of nitrogens with one attached hydrogen (secondary N) is 2. The fourth-order valence-electron chi connectivity index (χ4n) is 1.15. The molecule has 0 unspecified atom stereocenters. The van der Waals surface area contributed by atoms with Crippen molar-refractivity contribution in [1.82, 2.24) is 5.32 Å². The van der Waals surface area contributed by atoms with Crippen LogP contribution in [0.3, 0.4) is 0 Å². The van der Waals surface area contributed by atoms with E-state index in [0.29, 0.717) is 6.54 Å². The topological polar surface area (TPSA) is 61.4 Å². The molecule has 1 amide bonds. The average molecular weight is 242 g/mol. The quantitative estimate of drug-likeness (QED) is 0.734. The maximum Gasteiger partial charge on any atom is 0.221 e. The molecule has 0 aromatic carbocycles. The van der Waals surface area contributed by atoms with Crippen molar-refractivity contribution in [3.8, 4) is 0 Å². The molecule has 3 N–H and O–H groups in total. The molecule has 90 valence electrons. The van der Waals surface area contributed by atoms with Crippen LogP contribution in [0.1, 0.15) is 25.6 Å². The second-order valence-corrected chi connectivity index (χ2v) is 5.33. The summed E-state index contributed by atoms with van der Waals surface area (Å²) >= 11 is 1.58. The molecule has 0 saturated carbocycles. The van der Waals surface area contributed by atoms with E-state index in [1.807, 2.05) is 25.3 Å². The highest BCUT2D eigenvalue weighted by atomic mass is 32.1. The summed E-state index contributed by atoms with van der Waals surface area (Å²) in [7, 11) is 0. The number of amides is 1. The Morgan fingerprint density at radius 3 is 2.81 bits per heavy atom. The molecule has 0 spiro atoms. The molecule has 0 saturated heterocycles. The first-order chi connectivity index (χ1) is 7.44. The zero-order valence-corrected chi connectivity index (χ0v) is 10.6. The number of carbonyl (C=O) groups is 1. The van der Waals surface area contributed by atoms with Crippen molar-refractivity contribution in [2.45, 2.75) is 32.9 Å². The Morgan fingerprint density at radius 1 is 1.56 bits per heavy atom. The van der Waals surface area contributed by atoms with Gasteiger partial charge in [-0.15, -0.1) is 11.3 Å². The minimum atomic E-state index is -0.308. The van der Waals surface area contributed by atoms with Crippen LogP contribution in [0.15, 0.2) is 11.4 Å². The van der Waals surface area contributed by atoms with Gasteiger partial charge in [-0.2, -0.15) is 0 Å². The molecular formula is C11H18N2O2S. The second-order valence-electron chi connectivity index (χ2n) is 4.33. The summed E-state index contributed by atoms with van der Waals surface area (Å²) in [6.45, 7) is 6.07. The lowest BCUT2D eigenvalue weighted by Crippen LogP contribution is -2.42. The minimum absolute atomic E-state index is 0.0685. The smallest absolute Gasteiger partial charge is 0.221 e. The molecular weight excluding hydrogens is 224 g/mol. The van der Waals surface area contributed by atoms with Gasteiger partial charge in [-0.05, 0) is 25.3 Å². The van der Waals surface area contributed by atoms with Crippen molar-refractivity contribution < 1.29 is 9.90 Å². The van der Waals surface area contributed by atoms with E-state index in [9.17, 15) is 4.79 Å². The zero-order chi connectivity index (χ0) is 12.2. The van der Waals surface area contributed by atoms with E-state index in [4.69, 9.17) is 5.11 Å². The second kappa shape index (κ2) is 5.43. The van der Waals surface area contributed by atoms with Gasteiger partial charge in [0.05, 0.1) is 12.3 Å². The third kappa shape index (κ3) is 3.92. The van der Waals surface area contributed by atoms with Gasteiger partial charge in [0.25, 0.3) is 0 Å².